The maximum atomic E-state index is 11.0. The number of carboxylic acids is 1. The number of hydrogen-bond acceptors (Lipinski definition) is 5. The lowest BCUT2D eigenvalue weighted by Gasteiger charge is -2.33. The highest BCUT2D eigenvalue weighted by Crippen LogP contribution is 2.37. The second-order valence-corrected chi connectivity index (χ2v) is 7.97. The van der Waals surface area contributed by atoms with E-state index in [9.17, 15) is 15.0 Å². The van der Waals surface area contributed by atoms with Crippen LogP contribution in [0.4, 0.5) is 0 Å². The van der Waals surface area contributed by atoms with Gasteiger partial charge >= 0.3 is 5.97 Å². The van der Waals surface area contributed by atoms with Crippen LogP contribution in [-0.4, -0.2) is 46.7 Å². The molecule has 1 aromatic rings. The van der Waals surface area contributed by atoms with Gasteiger partial charge in [0.25, 0.3) is 0 Å². The summed E-state index contributed by atoms with van der Waals surface area (Å²) in [5, 5.41) is 28.7. The fourth-order valence-corrected chi connectivity index (χ4v) is 4.16. The Morgan fingerprint density at radius 3 is 2.42 bits per heavy atom. The van der Waals surface area contributed by atoms with Gasteiger partial charge in [0.2, 0.25) is 0 Å². The second kappa shape index (κ2) is 9.47. The van der Waals surface area contributed by atoms with Crippen molar-refractivity contribution >= 4 is 5.97 Å². The summed E-state index contributed by atoms with van der Waals surface area (Å²) in [4.78, 5) is 11.0. The smallest absolute Gasteiger partial charge is 0.341 e. The molecule has 0 saturated carbocycles. The average molecular weight is 422 g/mol. The number of carboxylic acid groups (broad SMARTS) is 1. The zero-order chi connectivity index (χ0) is 21.8. The minimum Gasteiger partial charge on any atom is -0.482 e. The van der Waals surface area contributed by atoms with E-state index >= 15 is 0 Å². The number of aliphatic carboxylic acids is 1. The summed E-state index contributed by atoms with van der Waals surface area (Å²) in [6.07, 6.45) is -0.125. The number of aliphatic hydroxyl groups excluding tert-OH is 2. The maximum Gasteiger partial charge on any atom is 0.341 e. The van der Waals surface area contributed by atoms with E-state index in [0.717, 1.165) is 5.56 Å². The van der Waals surface area contributed by atoms with Gasteiger partial charge in [-0.25, -0.2) is 4.79 Å². The molecule has 31 heavy (non-hydrogen) atoms. The molecule has 3 atom stereocenters. The second-order valence-electron chi connectivity index (χ2n) is 7.97. The largest absolute Gasteiger partial charge is 0.482 e. The van der Waals surface area contributed by atoms with E-state index in [1.165, 1.54) is 16.7 Å². The van der Waals surface area contributed by atoms with E-state index in [0.29, 0.717) is 30.6 Å². The van der Waals surface area contributed by atoms with Crippen molar-refractivity contribution in [2.24, 2.45) is 0 Å². The van der Waals surface area contributed by atoms with Gasteiger partial charge < -0.3 is 24.8 Å². The Labute approximate surface area is 181 Å². The number of benzene rings is 1. The van der Waals surface area contributed by atoms with Crippen LogP contribution in [0.5, 0.6) is 5.75 Å². The quantitative estimate of drug-likeness (QED) is 0.540. The van der Waals surface area contributed by atoms with Gasteiger partial charge in [0.15, 0.2) is 6.61 Å². The minimum absolute atomic E-state index is 0.184. The number of aliphatic hydroxyl groups is 2. The summed E-state index contributed by atoms with van der Waals surface area (Å²) in [5.41, 5.74) is 5.24. The lowest BCUT2D eigenvalue weighted by Crippen LogP contribution is -2.33. The van der Waals surface area contributed by atoms with Crippen LogP contribution in [0.2, 0.25) is 0 Å². The molecule has 0 aromatic heterocycles. The van der Waals surface area contributed by atoms with Gasteiger partial charge in [0.05, 0.1) is 24.9 Å². The molecule has 0 amide bonds. The average Bonchev–Trinajstić information content (AvgIpc) is 2.99. The molecule has 3 N–H and O–H groups in total. The predicted molar refractivity (Wildman–Crippen MR) is 115 cm³/mol. The van der Waals surface area contributed by atoms with Crippen molar-refractivity contribution in [3.05, 3.63) is 77.4 Å². The lowest BCUT2D eigenvalue weighted by molar-refractivity contribution is -0.139. The third-order valence-corrected chi connectivity index (χ3v) is 5.55. The van der Waals surface area contributed by atoms with Crippen LogP contribution in [0.3, 0.4) is 0 Å². The fraction of sp³-hybridized carbons (Fsp3) is 0.320. The van der Waals surface area contributed by atoms with Gasteiger partial charge in [-0.15, -0.1) is 0 Å². The molecule has 1 aromatic carbocycles. The molecule has 2 aliphatic carbocycles. The van der Waals surface area contributed by atoms with Gasteiger partial charge in [-0.05, 0) is 40.8 Å². The first-order valence-corrected chi connectivity index (χ1v) is 10.4. The Bertz CT molecular complexity index is 986. The van der Waals surface area contributed by atoms with Crippen LogP contribution in [0.25, 0.3) is 11.1 Å². The fourth-order valence-electron chi connectivity index (χ4n) is 4.16. The molecule has 1 heterocycles. The highest BCUT2D eigenvalue weighted by molar-refractivity contribution is 5.69. The number of ether oxygens (including phenoxy) is 2. The van der Waals surface area contributed by atoms with E-state index in [2.05, 4.69) is 24.3 Å². The van der Waals surface area contributed by atoms with Crippen molar-refractivity contribution in [1.29, 1.82) is 0 Å². The molecule has 3 aliphatic rings. The van der Waals surface area contributed by atoms with Crippen molar-refractivity contribution in [3.8, 4) is 16.9 Å². The summed E-state index contributed by atoms with van der Waals surface area (Å²) >= 11 is 0. The summed E-state index contributed by atoms with van der Waals surface area (Å²) < 4.78 is 11.5. The van der Waals surface area contributed by atoms with E-state index < -0.39 is 30.9 Å². The van der Waals surface area contributed by atoms with Gasteiger partial charge in [-0.3, -0.25) is 0 Å². The first-order chi connectivity index (χ1) is 15.0. The zero-order valence-corrected chi connectivity index (χ0v) is 17.1. The van der Waals surface area contributed by atoms with Gasteiger partial charge in [-0.1, -0.05) is 48.5 Å². The van der Waals surface area contributed by atoms with Crippen LogP contribution in [-0.2, 0) is 16.0 Å². The Hall–Kier alpha value is -2.93. The van der Waals surface area contributed by atoms with Crippen molar-refractivity contribution in [2.75, 3.05) is 13.2 Å². The Morgan fingerprint density at radius 1 is 1.00 bits per heavy atom. The number of carbonyl (C=O) groups is 1. The Morgan fingerprint density at radius 2 is 1.74 bits per heavy atom. The molecule has 1 fully saturated rings. The van der Waals surface area contributed by atoms with E-state index in [1.54, 1.807) is 6.07 Å². The van der Waals surface area contributed by atoms with Gasteiger partial charge in [-0.2, -0.15) is 0 Å². The summed E-state index contributed by atoms with van der Waals surface area (Å²) in [7, 11) is 0. The molecule has 0 spiro atoms. The molecule has 1 saturated heterocycles. The molecule has 0 bridgehead atoms. The van der Waals surface area contributed by atoms with Crippen molar-refractivity contribution < 1.29 is 29.6 Å². The van der Waals surface area contributed by atoms with E-state index in [1.807, 2.05) is 30.3 Å². The van der Waals surface area contributed by atoms with Crippen molar-refractivity contribution in [3.63, 3.8) is 0 Å². The van der Waals surface area contributed by atoms with Crippen LogP contribution in [0.15, 0.2) is 60.7 Å². The van der Waals surface area contributed by atoms with Gasteiger partial charge in [0, 0.05) is 18.4 Å². The molecule has 162 valence electrons. The SMILES string of the molecule is O=C(O)COc1ccc(Cc2cc3cccccc-3c2)cc1[C@H]1CC(O)CC(CO)O1. The summed E-state index contributed by atoms with van der Waals surface area (Å²) in [6, 6.07) is 20.1. The summed E-state index contributed by atoms with van der Waals surface area (Å²) in [6.45, 7) is -0.646. The highest BCUT2D eigenvalue weighted by atomic mass is 16.5. The zero-order valence-electron chi connectivity index (χ0n) is 17.1. The first-order valence-electron chi connectivity index (χ1n) is 10.4. The molecule has 2 unspecified atom stereocenters. The Balaban J connectivity index is 1.63. The molecule has 0 radical (unpaired) electrons. The number of hydrogen-bond donors (Lipinski definition) is 3. The molecule has 6 heteroatoms. The third kappa shape index (κ3) is 5.22. The normalized spacial score (nSPS) is 21.2. The highest BCUT2D eigenvalue weighted by Gasteiger charge is 2.31. The lowest BCUT2D eigenvalue weighted by atomic mass is 9.93. The van der Waals surface area contributed by atoms with Crippen molar-refractivity contribution in [1.82, 2.24) is 0 Å². The maximum absolute atomic E-state index is 11.0. The van der Waals surface area contributed by atoms with E-state index in [4.69, 9.17) is 14.6 Å². The van der Waals surface area contributed by atoms with Crippen LogP contribution in [0, 0.1) is 0 Å². The molecule has 1 aliphatic heterocycles. The summed E-state index contributed by atoms with van der Waals surface area (Å²) in [5.74, 6) is -0.647. The number of rotatable bonds is 7. The van der Waals surface area contributed by atoms with Crippen molar-refractivity contribution in [2.45, 2.75) is 37.6 Å². The first kappa shape index (κ1) is 21.3. The predicted octanol–water partition coefficient (Wildman–Crippen LogP) is 3.42. The molecular weight excluding hydrogens is 396 g/mol. The minimum atomic E-state index is -1.07. The topological polar surface area (TPSA) is 96.2 Å². The number of fused-ring (bicyclic) bond motifs is 1. The molecule has 4 rings (SSSR count). The molecular formula is C25H26O6. The van der Waals surface area contributed by atoms with Gasteiger partial charge in [0.1, 0.15) is 5.75 Å². The van der Waals surface area contributed by atoms with E-state index in [-0.39, 0.29) is 6.61 Å². The van der Waals surface area contributed by atoms with Crippen LogP contribution < -0.4 is 4.74 Å². The molecule has 6 nitrogen and oxygen atoms in total. The standard InChI is InChI=1S/C25H26O6/c26-14-21-12-20(27)13-24(31-21)22-11-16(6-7-23(22)30-15-25(28)29)8-17-9-18-4-2-1-3-5-19(18)10-17/h1-7,9-11,20-21,24,26-27H,8,12-15H2,(H,28,29)/t20?,21?,24-/m1/s1. The monoisotopic (exact) mass is 422 g/mol. The van der Waals surface area contributed by atoms with Crippen LogP contribution in [0.1, 0.15) is 35.6 Å². The Kier molecular flexibility index (Phi) is 6.51. The third-order valence-electron chi connectivity index (χ3n) is 5.55. The van der Waals surface area contributed by atoms with Crippen LogP contribution >= 0.6 is 0 Å².